The van der Waals surface area contributed by atoms with Gasteiger partial charge >= 0.3 is 0 Å². The maximum Gasteiger partial charge on any atom is 0.243 e. The molecule has 0 aliphatic carbocycles. The first-order valence-electron chi connectivity index (χ1n) is 8.35. The second-order valence-corrected chi connectivity index (χ2v) is 9.28. The van der Waals surface area contributed by atoms with Gasteiger partial charge in [0.05, 0.1) is 16.1 Å². The highest BCUT2D eigenvalue weighted by atomic mass is 79.9. The molecule has 1 aromatic heterocycles. The highest BCUT2D eigenvalue weighted by Crippen LogP contribution is 2.32. The van der Waals surface area contributed by atoms with E-state index in [0.717, 1.165) is 31.6 Å². The molecule has 0 saturated carbocycles. The summed E-state index contributed by atoms with van der Waals surface area (Å²) in [5, 5.41) is 6.83. The maximum atomic E-state index is 12.0. The van der Waals surface area contributed by atoms with Crippen LogP contribution in [0.4, 0.5) is 5.88 Å². The van der Waals surface area contributed by atoms with Gasteiger partial charge in [0.1, 0.15) is 0 Å². The van der Waals surface area contributed by atoms with E-state index >= 15 is 0 Å². The van der Waals surface area contributed by atoms with Crippen LogP contribution in [-0.4, -0.2) is 34.4 Å². The third kappa shape index (κ3) is 4.80. The summed E-state index contributed by atoms with van der Waals surface area (Å²) in [4.78, 5) is 12.0. The van der Waals surface area contributed by atoms with Gasteiger partial charge in [-0.05, 0) is 40.0 Å². The minimum atomic E-state index is -0.676. The van der Waals surface area contributed by atoms with Gasteiger partial charge in [-0.15, -0.1) is 0 Å². The smallest absolute Gasteiger partial charge is 0.243 e. The van der Waals surface area contributed by atoms with E-state index in [-0.39, 0.29) is 23.7 Å². The zero-order valence-corrected chi connectivity index (χ0v) is 16.6. The molecule has 1 saturated heterocycles. The number of carbonyl (C=O) groups is 1. The van der Waals surface area contributed by atoms with E-state index in [1.807, 2.05) is 20.8 Å². The Labute approximate surface area is 151 Å². The number of rotatable bonds is 6. The lowest BCUT2D eigenvalue weighted by molar-refractivity contribution is -0.196. The number of nitrogens with zero attached hydrogens (tertiary/aromatic N) is 1. The molecule has 2 heterocycles. The van der Waals surface area contributed by atoms with Crippen LogP contribution in [0, 0.1) is 0 Å². The number of halogens is 1. The molecule has 1 amide bonds. The van der Waals surface area contributed by atoms with E-state index in [4.69, 9.17) is 14.0 Å². The predicted molar refractivity (Wildman–Crippen MR) is 95.3 cm³/mol. The first-order valence-corrected chi connectivity index (χ1v) is 9.14. The van der Waals surface area contributed by atoms with Crippen LogP contribution in [0.2, 0.25) is 0 Å². The lowest BCUT2D eigenvalue weighted by atomic mass is 9.84. The Morgan fingerprint density at radius 2 is 2.12 bits per heavy atom. The maximum absolute atomic E-state index is 12.0. The number of aromatic nitrogens is 1. The second kappa shape index (κ2) is 7.54. The number of nitrogens with one attached hydrogen (secondary N) is 1. The summed E-state index contributed by atoms with van der Waals surface area (Å²) in [7, 11) is 0. The normalized spacial score (nSPS) is 20.7. The van der Waals surface area contributed by atoms with Crippen LogP contribution in [-0.2, 0) is 19.7 Å². The van der Waals surface area contributed by atoms with E-state index in [9.17, 15) is 4.79 Å². The fourth-order valence-electron chi connectivity index (χ4n) is 2.32. The molecule has 6 nitrogen and oxygen atoms in total. The average molecular weight is 403 g/mol. The average Bonchev–Trinajstić information content (AvgIpc) is 2.96. The van der Waals surface area contributed by atoms with Crippen molar-refractivity contribution >= 4 is 27.7 Å². The molecule has 1 N–H and O–H groups in total. The fourth-order valence-corrected chi connectivity index (χ4v) is 2.42. The Hall–Kier alpha value is -0.920. The molecular formula is C17H27BrN2O4. The van der Waals surface area contributed by atoms with Crippen molar-refractivity contribution in [3.63, 3.8) is 0 Å². The van der Waals surface area contributed by atoms with Crippen molar-refractivity contribution in [2.45, 2.75) is 76.0 Å². The van der Waals surface area contributed by atoms with Crippen molar-refractivity contribution < 1.29 is 18.8 Å². The van der Waals surface area contributed by atoms with Crippen molar-refractivity contribution in [2.24, 2.45) is 0 Å². The first-order chi connectivity index (χ1) is 11.1. The zero-order valence-electron chi connectivity index (χ0n) is 15.0. The van der Waals surface area contributed by atoms with E-state index in [1.54, 1.807) is 19.9 Å². The number of ether oxygens (including phenoxy) is 2. The summed E-state index contributed by atoms with van der Waals surface area (Å²) >= 11 is 3.32. The van der Waals surface area contributed by atoms with Gasteiger partial charge in [0.25, 0.3) is 0 Å². The summed E-state index contributed by atoms with van der Waals surface area (Å²) in [6.45, 7) is 10.4. The first kappa shape index (κ1) is 19.4. The van der Waals surface area contributed by atoms with Crippen LogP contribution in [0.5, 0.6) is 0 Å². The molecule has 7 heteroatoms. The quantitative estimate of drug-likeness (QED) is 0.727. The lowest BCUT2D eigenvalue weighted by Gasteiger charge is -2.34. The molecule has 136 valence electrons. The number of anilines is 1. The van der Waals surface area contributed by atoms with Gasteiger partial charge in [-0.1, -0.05) is 34.9 Å². The van der Waals surface area contributed by atoms with Crippen molar-refractivity contribution in [3.8, 4) is 0 Å². The van der Waals surface area contributed by atoms with Crippen molar-refractivity contribution in [1.82, 2.24) is 5.16 Å². The summed E-state index contributed by atoms with van der Waals surface area (Å²) in [6, 6.07) is 1.75. The molecule has 24 heavy (non-hydrogen) atoms. The topological polar surface area (TPSA) is 73.6 Å². The van der Waals surface area contributed by atoms with Crippen LogP contribution in [0.1, 0.15) is 59.6 Å². The van der Waals surface area contributed by atoms with Crippen LogP contribution >= 0.6 is 15.9 Å². The van der Waals surface area contributed by atoms with Crippen molar-refractivity contribution in [2.75, 3.05) is 11.9 Å². The van der Waals surface area contributed by atoms with E-state index < -0.39 is 4.32 Å². The number of carbonyl (C=O) groups excluding carboxylic acids is 1. The van der Waals surface area contributed by atoms with Gasteiger partial charge in [-0.25, -0.2) is 0 Å². The Morgan fingerprint density at radius 3 is 2.71 bits per heavy atom. The summed E-state index contributed by atoms with van der Waals surface area (Å²) in [5.41, 5.74) is 0.352. The summed E-state index contributed by atoms with van der Waals surface area (Å²) < 4.78 is 16.3. The minimum absolute atomic E-state index is 0.109. The zero-order chi connectivity index (χ0) is 18.0. The Balaban J connectivity index is 2.02. The molecule has 1 aromatic rings. The molecule has 1 fully saturated rings. The van der Waals surface area contributed by atoms with E-state index in [2.05, 4.69) is 26.4 Å². The number of amides is 1. The summed E-state index contributed by atoms with van der Waals surface area (Å²) in [6.07, 6.45) is 2.87. The Bertz CT molecular complexity index is 559. The molecule has 2 atom stereocenters. The van der Waals surface area contributed by atoms with Crippen LogP contribution in [0.15, 0.2) is 10.6 Å². The third-order valence-electron chi connectivity index (χ3n) is 4.46. The highest BCUT2D eigenvalue weighted by Gasteiger charge is 2.35. The number of hydrogen-bond donors (Lipinski definition) is 1. The molecular weight excluding hydrogens is 376 g/mol. The van der Waals surface area contributed by atoms with Gasteiger partial charge in [0.2, 0.25) is 11.8 Å². The molecule has 0 bridgehead atoms. The van der Waals surface area contributed by atoms with Gasteiger partial charge < -0.3 is 14.0 Å². The van der Waals surface area contributed by atoms with Crippen LogP contribution in [0.25, 0.3) is 0 Å². The highest BCUT2D eigenvalue weighted by molar-refractivity contribution is 9.10. The summed E-state index contributed by atoms with van der Waals surface area (Å²) in [5.74, 6) is 0.139. The largest absolute Gasteiger partial charge is 0.353 e. The van der Waals surface area contributed by atoms with Gasteiger partial charge in [-0.3, -0.25) is 10.1 Å². The Morgan fingerprint density at radius 1 is 1.42 bits per heavy atom. The molecule has 1 unspecified atom stereocenters. The lowest BCUT2D eigenvalue weighted by Crippen LogP contribution is -2.38. The monoisotopic (exact) mass is 402 g/mol. The van der Waals surface area contributed by atoms with Crippen LogP contribution < -0.4 is 5.32 Å². The third-order valence-corrected chi connectivity index (χ3v) is 4.82. The Kier molecular flexibility index (Phi) is 6.09. The van der Waals surface area contributed by atoms with Gasteiger partial charge in [-0.2, -0.15) is 0 Å². The van der Waals surface area contributed by atoms with Gasteiger partial charge in [0.15, 0.2) is 6.29 Å². The van der Waals surface area contributed by atoms with Gasteiger partial charge in [0, 0.05) is 18.1 Å². The van der Waals surface area contributed by atoms with Crippen molar-refractivity contribution in [1.29, 1.82) is 0 Å². The molecule has 1 aliphatic rings. The minimum Gasteiger partial charge on any atom is -0.353 e. The van der Waals surface area contributed by atoms with Crippen LogP contribution in [0.3, 0.4) is 0 Å². The molecule has 1 aliphatic heterocycles. The molecule has 0 radical (unpaired) electrons. The molecule has 0 aromatic carbocycles. The fraction of sp³-hybridized carbons (Fsp3) is 0.765. The molecule has 2 rings (SSSR count). The van der Waals surface area contributed by atoms with E-state index in [0.29, 0.717) is 5.88 Å². The van der Waals surface area contributed by atoms with E-state index in [1.165, 1.54) is 0 Å². The predicted octanol–water partition coefficient (Wildman–Crippen LogP) is 4.00. The number of alkyl halides is 1. The number of hydrogen-bond acceptors (Lipinski definition) is 5. The SMILES string of the molecule is C[C@H](OC1CCCCO1)C(C)(C)c1cc(NC(=O)C(C)(C)Br)on1. The van der Waals surface area contributed by atoms with Crippen molar-refractivity contribution in [3.05, 3.63) is 11.8 Å². The molecule has 0 spiro atoms. The second-order valence-electron chi connectivity index (χ2n) is 7.30. The standard InChI is InChI=1S/C17H27BrN2O4/c1-11(23-14-8-6-7-9-22-14)16(2,3)12-10-13(24-20-12)19-15(21)17(4,5)18/h10-11,14H,6-9H2,1-5H3,(H,19,21)/t11-,14?/m0/s1.